The van der Waals surface area contributed by atoms with E-state index >= 15 is 0 Å². The summed E-state index contributed by atoms with van der Waals surface area (Å²) in [5, 5.41) is 0. The lowest BCUT2D eigenvalue weighted by atomic mass is 10.0. The lowest BCUT2D eigenvalue weighted by Crippen LogP contribution is -1.97. The van der Waals surface area contributed by atoms with Gasteiger partial charge >= 0.3 is 0 Å². The summed E-state index contributed by atoms with van der Waals surface area (Å²) >= 11 is 0. The van der Waals surface area contributed by atoms with E-state index in [1.165, 1.54) is 11.1 Å². The number of rotatable bonds is 3. The number of allylic oxidation sites excluding steroid dienone is 1. The molecule has 0 spiro atoms. The highest BCUT2D eigenvalue weighted by atomic mass is 16.5. The van der Waals surface area contributed by atoms with Gasteiger partial charge < -0.3 is 4.74 Å². The van der Waals surface area contributed by atoms with Crippen molar-refractivity contribution >= 4 is 0 Å². The van der Waals surface area contributed by atoms with Crippen LogP contribution in [-0.4, -0.2) is 13.2 Å². The average molecular weight is 200 g/mol. The van der Waals surface area contributed by atoms with Crippen molar-refractivity contribution in [2.24, 2.45) is 5.92 Å². The van der Waals surface area contributed by atoms with Gasteiger partial charge in [0.05, 0.1) is 13.2 Å². The Morgan fingerprint density at radius 2 is 2.13 bits per heavy atom. The normalized spacial score (nSPS) is 23.2. The summed E-state index contributed by atoms with van der Waals surface area (Å²) in [5.41, 5.74) is 2.72. The fourth-order valence-electron chi connectivity index (χ4n) is 1.81. The van der Waals surface area contributed by atoms with E-state index in [1.807, 2.05) is 12.1 Å². The zero-order chi connectivity index (χ0) is 10.5. The lowest BCUT2D eigenvalue weighted by molar-refractivity contribution is 0.195. The van der Waals surface area contributed by atoms with E-state index in [1.54, 1.807) is 0 Å². The molecule has 1 aliphatic rings. The van der Waals surface area contributed by atoms with Crippen molar-refractivity contribution in [2.75, 3.05) is 13.2 Å². The molecule has 1 fully saturated rings. The summed E-state index contributed by atoms with van der Waals surface area (Å²) < 4.78 is 5.41. The van der Waals surface area contributed by atoms with Crippen molar-refractivity contribution in [1.82, 2.24) is 0 Å². The summed E-state index contributed by atoms with van der Waals surface area (Å²) in [6.45, 7) is 5.39. The van der Waals surface area contributed by atoms with Crippen molar-refractivity contribution < 1.29 is 4.74 Å². The topological polar surface area (TPSA) is 9.23 Å². The number of benzene rings is 1. The first kappa shape index (κ1) is 10.2. The summed E-state index contributed by atoms with van der Waals surface area (Å²) in [7, 11) is 0. The molecule has 1 atom stereocenters. The zero-order valence-corrected chi connectivity index (χ0v) is 8.86. The van der Waals surface area contributed by atoms with Gasteiger partial charge in [-0.05, 0) is 17.6 Å². The van der Waals surface area contributed by atoms with E-state index in [9.17, 15) is 0 Å². The van der Waals surface area contributed by atoms with Crippen LogP contribution in [0.2, 0.25) is 0 Å². The van der Waals surface area contributed by atoms with Crippen LogP contribution in [0, 0.1) is 5.92 Å². The van der Waals surface area contributed by atoms with E-state index in [4.69, 9.17) is 4.74 Å². The second kappa shape index (κ2) is 4.94. The third-order valence-corrected chi connectivity index (χ3v) is 2.77. The zero-order valence-electron chi connectivity index (χ0n) is 8.86. The minimum absolute atomic E-state index is 0.425. The maximum Gasteiger partial charge on any atom is 0.0683 e. The van der Waals surface area contributed by atoms with Gasteiger partial charge in [-0.25, -0.2) is 0 Å². The van der Waals surface area contributed by atoms with Crippen LogP contribution >= 0.6 is 0 Å². The highest BCUT2D eigenvalue weighted by molar-refractivity contribution is 5.22. The van der Waals surface area contributed by atoms with Gasteiger partial charge in [-0.1, -0.05) is 42.5 Å². The first-order valence-corrected chi connectivity index (χ1v) is 5.33. The second-order valence-electron chi connectivity index (χ2n) is 3.83. The molecule has 1 aromatic carbocycles. The number of ether oxygens (including phenoxy) is 1. The van der Waals surface area contributed by atoms with Crippen molar-refractivity contribution in [1.29, 1.82) is 0 Å². The Bertz CT molecular complexity index is 351. The van der Waals surface area contributed by atoms with Crippen LogP contribution in [0.25, 0.3) is 0 Å². The maximum absolute atomic E-state index is 5.41. The largest absolute Gasteiger partial charge is 0.376 e. The van der Waals surface area contributed by atoms with E-state index in [0.717, 1.165) is 19.6 Å². The molecule has 0 aliphatic carbocycles. The van der Waals surface area contributed by atoms with Gasteiger partial charge in [-0.2, -0.15) is 0 Å². The molecule has 0 amide bonds. The van der Waals surface area contributed by atoms with Crippen LogP contribution in [0.5, 0.6) is 0 Å². The van der Waals surface area contributed by atoms with Crippen LogP contribution in [0.4, 0.5) is 0 Å². The molecule has 0 bridgehead atoms. The third-order valence-electron chi connectivity index (χ3n) is 2.77. The molecule has 2 rings (SSSR count). The van der Waals surface area contributed by atoms with Crippen LogP contribution < -0.4 is 0 Å². The standard InChI is InChI=1S/C14H16O/c1-2-13-10-15-11-14(13)9-8-12-6-4-3-5-7-12/h2-7,9,13H,1,8,10-11H2/b14-9+. The molecular weight excluding hydrogens is 184 g/mol. The fourth-order valence-corrected chi connectivity index (χ4v) is 1.81. The molecule has 15 heavy (non-hydrogen) atoms. The van der Waals surface area contributed by atoms with E-state index in [-0.39, 0.29) is 0 Å². The molecule has 0 aromatic heterocycles. The molecule has 1 heteroatoms. The van der Waals surface area contributed by atoms with Gasteiger partial charge in [0.2, 0.25) is 0 Å². The van der Waals surface area contributed by atoms with Crippen LogP contribution in [0.15, 0.2) is 54.6 Å². The summed E-state index contributed by atoms with van der Waals surface area (Å²) in [6, 6.07) is 10.5. The quantitative estimate of drug-likeness (QED) is 0.681. The molecule has 78 valence electrons. The Kier molecular flexibility index (Phi) is 3.36. The fraction of sp³-hybridized carbons (Fsp3) is 0.286. The predicted octanol–water partition coefficient (Wildman–Crippen LogP) is 2.99. The number of hydrogen-bond acceptors (Lipinski definition) is 1. The Balaban J connectivity index is 2.02. The molecule has 0 radical (unpaired) electrons. The second-order valence-corrected chi connectivity index (χ2v) is 3.83. The van der Waals surface area contributed by atoms with Crippen LogP contribution in [-0.2, 0) is 11.2 Å². The molecule has 0 N–H and O–H groups in total. The third kappa shape index (κ3) is 2.57. The predicted molar refractivity (Wildman–Crippen MR) is 62.7 cm³/mol. The van der Waals surface area contributed by atoms with Crippen LogP contribution in [0.3, 0.4) is 0 Å². The molecule has 1 nitrogen and oxygen atoms in total. The molecule has 1 saturated heterocycles. The highest BCUT2D eigenvalue weighted by Crippen LogP contribution is 2.21. The molecule has 1 heterocycles. The van der Waals surface area contributed by atoms with Gasteiger partial charge in [-0.3, -0.25) is 0 Å². The Morgan fingerprint density at radius 3 is 2.87 bits per heavy atom. The summed E-state index contributed by atoms with van der Waals surface area (Å²) in [5.74, 6) is 0.425. The van der Waals surface area contributed by atoms with Gasteiger partial charge in [0.1, 0.15) is 0 Å². The van der Waals surface area contributed by atoms with Gasteiger partial charge in [0.25, 0.3) is 0 Å². The average Bonchev–Trinajstić information content (AvgIpc) is 2.75. The Hall–Kier alpha value is -1.34. The lowest BCUT2D eigenvalue weighted by Gasteiger charge is -2.03. The molecular formula is C14H16O. The van der Waals surface area contributed by atoms with Crippen molar-refractivity contribution in [2.45, 2.75) is 6.42 Å². The summed E-state index contributed by atoms with van der Waals surface area (Å²) in [6.07, 6.45) is 5.24. The SMILES string of the molecule is C=CC1COC/C1=C\Cc1ccccc1. The van der Waals surface area contributed by atoms with E-state index in [0.29, 0.717) is 5.92 Å². The van der Waals surface area contributed by atoms with Crippen LogP contribution in [0.1, 0.15) is 5.56 Å². The maximum atomic E-state index is 5.41. The van der Waals surface area contributed by atoms with Gasteiger partial charge in [0, 0.05) is 5.92 Å². The first-order chi connectivity index (χ1) is 7.40. The van der Waals surface area contributed by atoms with Gasteiger partial charge in [0.15, 0.2) is 0 Å². The number of hydrogen-bond donors (Lipinski definition) is 0. The molecule has 1 unspecified atom stereocenters. The smallest absolute Gasteiger partial charge is 0.0683 e. The van der Waals surface area contributed by atoms with Crippen molar-refractivity contribution in [3.05, 3.63) is 60.2 Å². The Labute approximate surface area is 91.1 Å². The Morgan fingerprint density at radius 1 is 1.33 bits per heavy atom. The molecule has 1 aromatic rings. The van der Waals surface area contributed by atoms with E-state index < -0.39 is 0 Å². The highest BCUT2D eigenvalue weighted by Gasteiger charge is 2.17. The minimum atomic E-state index is 0.425. The monoisotopic (exact) mass is 200 g/mol. The van der Waals surface area contributed by atoms with E-state index in [2.05, 4.69) is 36.9 Å². The minimum Gasteiger partial charge on any atom is -0.376 e. The summed E-state index contributed by atoms with van der Waals surface area (Å²) in [4.78, 5) is 0. The molecule has 1 aliphatic heterocycles. The molecule has 0 saturated carbocycles. The first-order valence-electron chi connectivity index (χ1n) is 5.33. The van der Waals surface area contributed by atoms with Crippen molar-refractivity contribution in [3.8, 4) is 0 Å². The van der Waals surface area contributed by atoms with Crippen molar-refractivity contribution in [3.63, 3.8) is 0 Å². The van der Waals surface area contributed by atoms with Gasteiger partial charge in [-0.15, -0.1) is 6.58 Å².